The molecule has 2 atom stereocenters. The third kappa shape index (κ3) is 1.58. The summed E-state index contributed by atoms with van der Waals surface area (Å²) < 4.78 is 9.27. The fourth-order valence-corrected chi connectivity index (χ4v) is 0.785. The number of hydrogen-bond donors (Lipinski definition) is 2. The molecule has 10 heavy (non-hydrogen) atoms. The van der Waals surface area contributed by atoms with Crippen molar-refractivity contribution in [2.75, 3.05) is 13.2 Å². The molecule has 0 aliphatic carbocycles. The maximum Gasteiger partial charge on any atom is 0.404 e. The fourth-order valence-electron chi connectivity index (χ4n) is 0.785. The number of aliphatic hydroxyl groups excluding tert-OH is 1. The Labute approximate surface area is 57.7 Å². The Bertz CT molecular complexity index is 138. The molecule has 0 unspecified atom stereocenters. The minimum atomic E-state index is -0.880. The molecule has 5 heteroatoms. The Morgan fingerprint density at radius 1 is 1.70 bits per heavy atom. The quantitative estimate of drug-likeness (QED) is 0.490. The highest BCUT2D eigenvalue weighted by atomic mass is 16.6. The zero-order chi connectivity index (χ0) is 7.56. The molecule has 1 fully saturated rings. The summed E-state index contributed by atoms with van der Waals surface area (Å²) in [6, 6.07) is 0. The molecular weight excluding hydrogens is 138 g/mol. The number of nitrogens with two attached hydrogens (primary N) is 1. The van der Waals surface area contributed by atoms with Gasteiger partial charge in [-0.25, -0.2) is 4.79 Å². The van der Waals surface area contributed by atoms with Gasteiger partial charge in [0.2, 0.25) is 0 Å². The van der Waals surface area contributed by atoms with Gasteiger partial charge >= 0.3 is 6.09 Å². The van der Waals surface area contributed by atoms with Crippen LogP contribution in [0.2, 0.25) is 0 Å². The normalized spacial score (nSPS) is 32.1. The Balaban J connectivity index is 2.33. The van der Waals surface area contributed by atoms with Gasteiger partial charge in [0.15, 0.2) is 6.10 Å². The number of carbonyl (C=O) groups is 1. The van der Waals surface area contributed by atoms with Gasteiger partial charge in [0.1, 0.15) is 6.10 Å². The van der Waals surface area contributed by atoms with Crippen molar-refractivity contribution in [1.29, 1.82) is 0 Å². The molecule has 0 bridgehead atoms. The first-order valence-electron chi connectivity index (χ1n) is 2.92. The summed E-state index contributed by atoms with van der Waals surface area (Å²) in [7, 11) is 0. The van der Waals surface area contributed by atoms with Crippen LogP contribution in [0.25, 0.3) is 0 Å². The Morgan fingerprint density at radius 2 is 2.40 bits per heavy atom. The lowest BCUT2D eigenvalue weighted by Gasteiger charge is -2.10. The van der Waals surface area contributed by atoms with Gasteiger partial charge in [0.25, 0.3) is 0 Å². The monoisotopic (exact) mass is 147 g/mol. The van der Waals surface area contributed by atoms with Crippen molar-refractivity contribution >= 4 is 6.09 Å². The summed E-state index contributed by atoms with van der Waals surface area (Å²) in [5.74, 6) is 0. The molecule has 5 nitrogen and oxygen atoms in total. The minimum Gasteiger partial charge on any atom is -0.441 e. The van der Waals surface area contributed by atoms with E-state index in [1.807, 2.05) is 0 Å². The average Bonchev–Trinajstić information content (AvgIpc) is 2.15. The van der Waals surface area contributed by atoms with Crippen LogP contribution in [0, 0.1) is 0 Å². The first-order chi connectivity index (χ1) is 4.70. The Kier molecular flexibility index (Phi) is 2.08. The van der Waals surface area contributed by atoms with Crippen LogP contribution in [-0.4, -0.2) is 36.6 Å². The first-order valence-corrected chi connectivity index (χ1v) is 2.92. The Hall–Kier alpha value is -0.810. The molecule has 0 radical (unpaired) electrons. The van der Waals surface area contributed by atoms with Gasteiger partial charge in [-0.05, 0) is 0 Å². The molecule has 1 rings (SSSR count). The van der Waals surface area contributed by atoms with Gasteiger partial charge in [0, 0.05) is 0 Å². The van der Waals surface area contributed by atoms with E-state index in [0.29, 0.717) is 0 Å². The molecule has 0 aromatic rings. The van der Waals surface area contributed by atoms with Gasteiger partial charge in [-0.3, -0.25) is 0 Å². The second-order valence-electron chi connectivity index (χ2n) is 2.08. The summed E-state index contributed by atoms with van der Waals surface area (Å²) in [5, 5.41) is 8.98. The molecule has 1 saturated heterocycles. The van der Waals surface area contributed by atoms with Crippen LogP contribution in [0.1, 0.15) is 0 Å². The highest BCUT2D eigenvalue weighted by Gasteiger charge is 2.28. The molecule has 1 aliphatic rings. The van der Waals surface area contributed by atoms with Crippen molar-refractivity contribution in [2.45, 2.75) is 12.2 Å². The molecule has 0 aromatic carbocycles. The van der Waals surface area contributed by atoms with Crippen molar-refractivity contribution < 1.29 is 19.4 Å². The number of ether oxygens (including phenoxy) is 2. The van der Waals surface area contributed by atoms with E-state index in [4.69, 9.17) is 15.6 Å². The topological polar surface area (TPSA) is 81.8 Å². The lowest BCUT2D eigenvalue weighted by Crippen LogP contribution is -2.31. The number of carbonyl (C=O) groups excluding carboxylic acids is 1. The van der Waals surface area contributed by atoms with Crippen LogP contribution < -0.4 is 5.73 Å². The largest absolute Gasteiger partial charge is 0.441 e. The fraction of sp³-hybridized carbons (Fsp3) is 0.800. The summed E-state index contributed by atoms with van der Waals surface area (Å²) in [4.78, 5) is 10.1. The second-order valence-corrected chi connectivity index (χ2v) is 2.08. The SMILES string of the molecule is NC(=O)O[C@H]1COC[C@@H]1O. The van der Waals surface area contributed by atoms with Crippen LogP contribution >= 0.6 is 0 Å². The molecular formula is C5H9NO4. The number of hydrogen-bond acceptors (Lipinski definition) is 4. The lowest BCUT2D eigenvalue weighted by molar-refractivity contribution is 0.0373. The van der Waals surface area contributed by atoms with Gasteiger partial charge in [-0.15, -0.1) is 0 Å². The van der Waals surface area contributed by atoms with Crippen molar-refractivity contribution in [2.24, 2.45) is 5.73 Å². The molecule has 0 saturated carbocycles. The number of rotatable bonds is 1. The van der Waals surface area contributed by atoms with Crippen molar-refractivity contribution in [3.8, 4) is 0 Å². The van der Waals surface area contributed by atoms with Crippen LogP contribution in [-0.2, 0) is 9.47 Å². The predicted octanol–water partition coefficient (Wildman–Crippen LogP) is -1.16. The Morgan fingerprint density at radius 3 is 2.80 bits per heavy atom. The molecule has 1 aliphatic heterocycles. The van der Waals surface area contributed by atoms with Gasteiger partial charge in [-0.1, -0.05) is 0 Å². The third-order valence-corrected chi connectivity index (χ3v) is 1.27. The van der Waals surface area contributed by atoms with Gasteiger partial charge < -0.3 is 20.3 Å². The van der Waals surface area contributed by atoms with Crippen molar-refractivity contribution in [1.82, 2.24) is 0 Å². The van der Waals surface area contributed by atoms with E-state index in [9.17, 15) is 4.79 Å². The third-order valence-electron chi connectivity index (χ3n) is 1.27. The van der Waals surface area contributed by atoms with E-state index in [1.54, 1.807) is 0 Å². The second kappa shape index (κ2) is 2.85. The van der Waals surface area contributed by atoms with Crippen LogP contribution in [0.5, 0.6) is 0 Å². The molecule has 0 spiro atoms. The van der Waals surface area contributed by atoms with E-state index in [1.165, 1.54) is 0 Å². The molecule has 1 heterocycles. The maximum absolute atomic E-state index is 10.1. The van der Waals surface area contributed by atoms with E-state index < -0.39 is 18.3 Å². The number of amides is 1. The highest BCUT2D eigenvalue weighted by molar-refractivity contribution is 5.64. The first kappa shape index (κ1) is 7.30. The average molecular weight is 147 g/mol. The summed E-state index contributed by atoms with van der Waals surface area (Å²) >= 11 is 0. The zero-order valence-corrected chi connectivity index (χ0v) is 5.32. The lowest BCUT2D eigenvalue weighted by atomic mass is 10.3. The van der Waals surface area contributed by atoms with E-state index in [-0.39, 0.29) is 13.2 Å². The minimum absolute atomic E-state index is 0.206. The van der Waals surface area contributed by atoms with Crippen LogP contribution in [0.15, 0.2) is 0 Å². The predicted molar refractivity (Wildman–Crippen MR) is 31.3 cm³/mol. The van der Waals surface area contributed by atoms with E-state index >= 15 is 0 Å². The van der Waals surface area contributed by atoms with Crippen molar-refractivity contribution in [3.63, 3.8) is 0 Å². The molecule has 1 amide bonds. The maximum atomic E-state index is 10.1. The summed E-state index contributed by atoms with van der Waals surface area (Å²) in [5.41, 5.74) is 4.71. The van der Waals surface area contributed by atoms with E-state index in [0.717, 1.165) is 0 Å². The van der Waals surface area contributed by atoms with Crippen molar-refractivity contribution in [3.05, 3.63) is 0 Å². The number of primary amides is 1. The van der Waals surface area contributed by atoms with Crippen LogP contribution in [0.3, 0.4) is 0 Å². The zero-order valence-electron chi connectivity index (χ0n) is 5.32. The highest BCUT2D eigenvalue weighted by Crippen LogP contribution is 2.08. The van der Waals surface area contributed by atoms with E-state index in [2.05, 4.69) is 4.74 Å². The van der Waals surface area contributed by atoms with Crippen LogP contribution in [0.4, 0.5) is 4.79 Å². The molecule has 3 N–H and O–H groups in total. The summed E-state index contributed by atoms with van der Waals surface area (Å²) in [6.07, 6.45) is -2.19. The number of aliphatic hydroxyl groups is 1. The summed E-state index contributed by atoms with van der Waals surface area (Å²) in [6.45, 7) is 0.433. The molecule has 0 aromatic heterocycles. The molecule has 58 valence electrons. The van der Waals surface area contributed by atoms with Gasteiger partial charge in [0.05, 0.1) is 13.2 Å². The smallest absolute Gasteiger partial charge is 0.404 e. The van der Waals surface area contributed by atoms with Gasteiger partial charge in [-0.2, -0.15) is 0 Å². The standard InChI is InChI=1S/C5H9NO4/c6-5(8)10-4-2-9-1-3(4)7/h3-4,7H,1-2H2,(H2,6,8)/t3-,4-/m0/s1.